The molecule has 4 heteroatoms. The van der Waals surface area contributed by atoms with Gasteiger partial charge in [0.25, 0.3) is 0 Å². The summed E-state index contributed by atoms with van der Waals surface area (Å²) in [5.41, 5.74) is 1.04. The maximum Gasteiger partial charge on any atom is 0.126 e. The molecule has 0 spiro atoms. The van der Waals surface area contributed by atoms with Crippen molar-refractivity contribution in [1.29, 1.82) is 0 Å². The second-order valence-electron chi connectivity index (χ2n) is 8.21. The molecule has 1 saturated heterocycles. The van der Waals surface area contributed by atoms with Crippen molar-refractivity contribution in [2.75, 3.05) is 26.7 Å². The van der Waals surface area contributed by atoms with E-state index in [0.717, 1.165) is 37.1 Å². The SMILES string of the molecule is CN1CCC(C2(O)C3=C(CC2(C)C)C(F)=CC2=CCOC23)CC1. The minimum atomic E-state index is -0.983. The van der Waals surface area contributed by atoms with Crippen LogP contribution in [0.25, 0.3) is 0 Å². The van der Waals surface area contributed by atoms with E-state index in [2.05, 4.69) is 25.8 Å². The Labute approximate surface area is 137 Å². The molecule has 0 bridgehead atoms. The van der Waals surface area contributed by atoms with E-state index in [-0.39, 0.29) is 23.3 Å². The molecule has 0 aromatic heterocycles. The van der Waals surface area contributed by atoms with Gasteiger partial charge in [-0.1, -0.05) is 19.9 Å². The fraction of sp³-hybridized carbons (Fsp3) is 0.684. The van der Waals surface area contributed by atoms with Crippen LogP contribution in [0.1, 0.15) is 33.1 Å². The van der Waals surface area contributed by atoms with Crippen LogP contribution in [0.3, 0.4) is 0 Å². The first-order valence-corrected chi connectivity index (χ1v) is 8.68. The molecule has 2 aliphatic heterocycles. The summed E-state index contributed by atoms with van der Waals surface area (Å²) in [4.78, 5) is 2.30. The van der Waals surface area contributed by atoms with E-state index < -0.39 is 5.60 Å². The molecule has 0 radical (unpaired) electrons. The number of piperidine rings is 1. The quantitative estimate of drug-likeness (QED) is 0.806. The van der Waals surface area contributed by atoms with Gasteiger partial charge in [0.15, 0.2) is 0 Å². The molecule has 0 aromatic rings. The Morgan fingerprint density at radius 1 is 1.30 bits per heavy atom. The first kappa shape index (κ1) is 15.6. The molecule has 0 amide bonds. The van der Waals surface area contributed by atoms with E-state index in [0.29, 0.717) is 18.6 Å². The molecular weight excluding hydrogens is 293 g/mol. The molecule has 2 unspecified atom stereocenters. The lowest BCUT2D eigenvalue weighted by Crippen LogP contribution is -2.54. The Kier molecular flexibility index (Phi) is 3.39. The fourth-order valence-corrected chi connectivity index (χ4v) is 5.10. The molecule has 2 atom stereocenters. The maximum absolute atomic E-state index is 14.7. The first-order valence-electron chi connectivity index (χ1n) is 8.68. The molecule has 3 nitrogen and oxygen atoms in total. The number of fused-ring (bicyclic) bond motifs is 2. The Morgan fingerprint density at radius 3 is 2.70 bits per heavy atom. The highest BCUT2D eigenvalue weighted by Crippen LogP contribution is 2.60. The van der Waals surface area contributed by atoms with Crippen LogP contribution in [0.2, 0.25) is 0 Å². The minimum Gasteiger partial charge on any atom is -0.385 e. The lowest BCUT2D eigenvalue weighted by molar-refractivity contribution is -0.0949. The highest BCUT2D eigenvalue weighted by Gasteiger charge is 2.60. The van der Waals surface area contributed by atoms with Crippen LogP contribution in [0, 0.1) is 11.3 Å². The number of aliphatic hydroxyl groups is 1. The highest BCUT2D eigenvalue weighted by atomic mass is 19.1. The summed E-state index contributed by atoms with van der Waals surface area (Å²) in [5.74, 6) is -0.0116. The van der Waals surface area contributed by atoms with Crippen LogP contribution in [0.15, 0.2) is 34.7 Å². The summed E-state index contributed by atoms with van der Waals surface area (Å²) >= 11 is 0. The molecular formula is C19H26FNO2. The Hall–Kier alpha value is -0.970. The van der Waals surface area contributed by atoms with E-state index >= 15 is 0 Å². The third kappa shape index (κ3) is 2.04. The van der Waals surface area contributed by atoms with Crippen molar-refractivity contribution in [2.45, 2.75) is 44.8 Å². The minimum absolute atomic E-state index is 0.164. The smallest absolute Gasteiger partial charge is 0.126 e. The van der Waals surface area contributed by atoms with Gasteiger partial charge in [0, 0.05) is 11.0 Å². The largest absolute Gasteiger partial charge is 0.385 e. The van der Waals surface area contributed by atoms with E-state index in [1.165, 1.54) is 0 Å². The third-order valence-corrected chi connectivity index (χ3v) is 6.42. The van der Waals surface area contributed by atoms with Crippen molar-refractivity contribution in [1.82, 2.24) is 4.90 Å². The number of allylic oxidation sites excluding steroid dienone is 2. The van der Waals surface area contributed by atoms with Gasteiger partial charge in [0.2, 0.25) is 0 Å². The standard InChI is InChI=1S/C19H26FNO2/c1-18(2)11-14-15(20)10-12-6-9-23-17(12)16(14)19(18,22)13-4-7-21(3)8-5-13/h6,10,13,17,22H,4-5,7-9,11H2,1-3H3. The summed E-state index contributed by atoms with van der Waals surface area (Å²) in [6.07, 6.45) is 5.77. The van der Waals surface area contributed by atoms with E-state index in [4.69, 9.17) is 4.74 Å². The zero-order valence-electron chi connectivity index (χ0n) is 14.2. The normalized spacial score (nSPS) is 37.5. The zero-order valence-corrected chi connectivity index (χ0v) is 14.2. The Morgan fingerprint density at radius 2 is 2.00 bits per heavy atom. The van der Waals surface area contributed by atoms with Crippen molar-refractivity contribution in [3.63, 3.8) is 0 Å². The van der Waals surface area contributed by atoms with Crippen LogP contribution in [0.5, 0.6) is 0 Å². The van der Waals surface area contributed by atoms with Gasteiger partial charge >= 0.3 is 0 Å². The lowest BCUT2D eigenvalue weighted by Gasteiger charge is -2.49. The molecule has 1 fully saturated rings. The van der Waals surface area contributed by atoms with Gasteiger partial charge in [0.1, 0.15) is 11.9 Å². The number of hydrogen-bond donors (Lipinski definition) is 1. The number of halogens is 1. The van der Waals surface area contributed by atoms with Crippen molar-refractivity contribution >= 4 is 0 Å². The average Bonchev–Trinajstić information content (AvgIpc) is 3.02. The van der Waals surface area contributed by atoms with Gasteiger partial charge in [-0.25, -0.2) is 4.39 Å². The van der Waals surface area contributed by atoms with Crippen LogP contribution in [-0.2, 0) is 4.74 Å². The molecule has 2 aliphatic carbocycles. The number of ether oxygens (including phenoxy) is 1. The van der Waals surface area contributed by atoms with Gasteiger partial charge in [-0.05, 0) is 62.5 Å². The summed E-state index contributed by atoms with van der Waals surface area (Å²) in [5, 5.41) is 11.9. The fourth-order valence-electron chi connectivity index (χ4n) is 5.10. The van der Waals surface area contributed by atoms with Crippen molar-refractivity contribution in [2.24, 2.45) is 11.3 Å². The molecule has 0 aromatic carbocycles. The molecule has 23 heavy (non-hydrogen) atoms. The van der Waals surface area contributed by atoms with Gasteiger partial charge < -0.3 is 14.7 Å². The number of likely N-dealkylation sites (tertiary alicyclic amines) is 1. The molecule has 2 heterocycles. The third-order valence-electron chi connectivity index (χ3n) is 6.42. The topological polar surface area (TPSA) is 32.7 Å². The number of nitrogens with zero attached hydrogens (tertiary/aromatic N) is 1. The van der Waals surface area contributed by atoms with Gasteiger partial charge in [-0.2, -0.15) is 0 Å². The highest BCUT2D eigenvalue weighted by molar-refractivity contribution is 5.57. The molecule has 4 aliphatic rings. The van der Waals surface area contributed by atoms with Gasteiger partial charge in [-0.3, -0.25) is 0 Å². The monoisotopic (exact) mass is 319 g/mol. The van der Waals surface area contributed by atoms with E-state index in [9.17, 15) is 9.50 Å². The maximum atomic E-state index is 14.7. The van der Waals surface area contributed by atoms with E-state index in [1.54, 1.807) is 6.08 Å². The number of hydrogen-bond acceptors (Lipinski definition) is 3. The second kappa shape index (κ2) is 5.01. The van der Waals surface area contributed by atoms with Crippen LogP contribution in [0.4, 0.5) is 4.39 Å². The number of rotatable bonds is 1. The van der Waals surface area contributed by atoms with Crippen molar-refractivity contribution in [3.8, 4) is 0 Å². The second-order valence-corrected chi connectivity index (χ2v) is 8.21. The molecule has 1 N–H and O–H groups in total. The van der Waals surface area contributed by atoms with Crippen molar-refractivity contribution in [3.05, 3.63) is 34.7 Å². The Balaban J connectivity index is 1.80. The predicted octanol–water partition coefficient (Wildman–Crippen LogP) is 2.98. The lowest BCUT2D eigenvalue weighted by atomic mass is 9.63. The van der Waals surface area contributed by atoms with E-state index in [1.807, 2.05) is 6.08 Å². The molecule has 4 rings (SSSR count). The Bertz CT molecular complexity index is 625. The molecule has 126 valence electrons. The van der Waals surface area contributed by atoms with Crippen LogP contribution in [-0.4, -0.2) is 48.5 Å². The summed E-state index contributed by atoms with van der Waals surface area (Å²) in [7, 11) is 2.12. The first-order chi connectivity index (χ1) is 10.8. The van der Waals surface area contributed by atoms with Crippen molar-refractivity contribution < 1.29 is 14.2 Å². The van der Waals surface area contributed by atoms with Crippen LogP contribution < -0.4 is 0 Å². The average molecular weight is 319 g/mol. The summed E-state index contributed by atoms with van der Waals surface area (Å²) < 4.78 is 20.6. The summed E-state index contributed by atoms with van der Waals surface area (Å²) in [6.45, 7) is 6.63. The zero-order chi connectivity index (χ0) is 16.4. The van der Waals surface area contributed by atoms with Crippen LogP contribution >= 0.6 is 0 Å². The summed E-state index contributed by atoms with van der Waals surface area (Å²) in [6, 6.07) is 0. The van der Waals surface area contributed by atoms with Gasteiger partial charge in [-0.15, -0.1) is 0 Å². The predicted molar refractivity (Wildman–Crippen MR) is 87.6 cm³/mol. The van der Waals surface area contributed by atoms with Gasteiger partial charge in [0.05, 0.1) is 12.2 Å². The molecule has 0 saturated carbocycles.